The van der Waals surface area contributed by atoms with Crippen LogP contribution in [0.2, 0.25) is 0 Å². The molecule has 1 fully saturated rings. The van der Waals surface area contributed by atoms with Gasteiger partial charge in [-0.1, -0.05) is 6.07 Å². The third-order valence-corrected chi connectivity index (χ3v) is 3.87. The van der Waals surface area contributed by atoms with Crippen molar-refractivity contribution in [3.05, 3.63) is 29.3 Å². The molecule has 1 aromatic carbocycles. The van der Waals surface area contributed by atoms with Crippen molar-refractivity contribution in [2.75, 3.05) is 20.2 Å². The second-order valence-corrected chi connectivity index (χ2v) is 5.92. The van der Waals surface area contributed by atoms with Gasteiger partial charge in [-0.3, -0.25) is 0 Å². The molecule has 1 unspecified atom stereocenters. The number of piperidine rings is 1. The summed E-state index contributed by atoms with van der Waals surface area (Å²) in [5, 5.41) is 3.42. The first-order valence-corrected chi connectivity index (χ1v) is 7.07. The predicted octanol–water partition coefficient (Wildman–Crippen LogP) is 3.44. The Bertz CT molecular complexity index is 419. The SMILES string of the molecule is COc1ccc(C(C)(C)F)cc1CC1CCCNC1. The lowest BCUT2D eigenvalue weighted by molar-refractivity contribution is 0.221. The minimum atomic E-state index is -1.30. The van der Waals surface area contributed by atoms with E-state index < -0.39 is 5.67 Å². The maximum Gasteiger partial charge on any atom is 0.130 e. The molecule has 1 saturated heterocycles. The van der Waals surface area contributed by atoms with Gasteiger partial charge < -0.3 is 10.1 Å². The fraction of sp³-hybridized carbons (Fsp3) is 0.625. The van der Waals surface area contributed by atoms with E-state index in [-0.39, 0.29) is 0 Å². The van der Waals surface area contributed by atoms with Crippen LogP contribution in [0.1, 0.15) is 37.8 Å². The third kappa shape index (κ3) is 3.69. The van der Waals surface area contributed by atoms with Crippen LogP contribution in [-0.2, 0) is 12.1 Å². The average Bonchev–Trinajstić information content (AvgIpc) is 2.39. The lowest BCUT2D eigenvalue weighted by atomic mass is 9.89. The van der Waals surface area contributed by atoms with Gasteiger partial charge in [0.25, 0.3) is 0 Å². The molecule has 1 aromatic rings. The van der Waals surface area contributed by atoms with Crippen LogP contribution < -0.4 is 10.1 Å². The summed E-state index contributed by atoms with van der Waals surface area (Å²) in [6.45, 7) is 5.36. The molecule has 106 valence electrons. The number of nitrogens with one attached hydrogen (secondary N) is 1. The summed E-state index contributed by atoms with van der Waals surface area (Å²) < 4.78 is 19.5. The van der Waals surface area contributed by atoms with E-state index in [1.165, 1.54) is 12.8 Å². The third-order valence-electron chi connectivity index (χ3n) is 3.87. The molecule has 1 atom stereocenters. The first-order chi connectivity index (χ1) is 9.00. The van der Waals surface area contributed by atoms with Crippen molar-refractivity contribution in [2.45, 2.75) is 38.8 Å². The van der Waals surface area contributed by atoms with Gasteiger partial charge in [-0.15, -0.1) is 0 Å². The molecule has 2 nitrogen and oxygen atoms in total. The van der Waals surface area contributed by atoms with Gasteiger partial charge >= 0.3 is 0 Å². The smallest absolute Gasteiger partial charge is 0.130 e. The van der Waals surface area contributed by atoms with Gasteiger partial charge in [0.1, 0.15) is 11.4 Å². The summed E-state index contributed by atoms with van der Waals surface area (Å²) in [4.78, 5) is 0. The predicted molar refractivity (Wildman–Crippen MR) is 76.4 cm³/mol. The van der Waals surface area contributed by atoms with Gasteiger partial charge in [-0.05, 0) is 75.4 Å². The van der Waals surface area contributed by atoms with Crippen molar-refractivity contribution in [3.63, 3.8) is 0 Å². The highest BCUT2D eigenvalue weighted by molar-refractivity contribution is 5.39. The van der Waals surface area contributed by atoms with Crippen molar-refractivity contribution in [1.82, 2.24) is 5.32 Å². The van der Waals surface area contributed by atoms with Crippen LogP contribution in [0.5, 0.6) is 5.75 Å². The molecule has 0 amide bonds. The summed E-state index contributed by atoms with van der Waals surface area (Å²) in [5.74, 6) is 1.50. The van der Waals surface area contributed by atoms with E-state index in [2.05, 4.69) is 5.32 Å². The summed E-state index contributed by atoms with van der Waals surface area (Å²) in [6, 6.07) is 5.68. The molecule has 0 aliphatic carbocycles. The second-order valence-electron chi connectivity index (χ2n) is 5.92. The normalized spacial score (nSPS) is 20.3. The van der Waals surface area contributed by atoms with Crippen molar-refractivity contribution < 1.29 is 9.13 Å². The number of hydrogen-bond acceptors (Lipinski definition) is 2. The van der Waals surface area contributed by atoms with Crippen molar-refractivity contribution in [3.8, 4) is 5.75 Å². The van der Waals surface area contributed by atoms with Crippen LogP contribution in [0, 0.1) is 5.92 Å². The topological polar surface area (TPSA) is 21.3 Å². The van der Waals surface area contributed by atoms with Crippen molar-refractivity contribution in [2.24, 2.45) is 5.92 Å². The molecule has 1 N–H and O–H groups in total. The Morgan fingerprint density at radius 3 is 2.79 bits per heavy atom. The first-order valence-electron chi connectivity index (χ1n) is 7.07. The van der Waals surface area contributed by atoms with Crippen LogP contribution in [0.25, 0.3) is 0 Å². The minimum Gasteiger partial charge on any atom is -0.496 e. The highest BCUT2D eigenvalue weighted by atomic mass is 19.1. The molecule has 3 heteroatoms. The Kier molecular flexibility index (Phi) is 4.46. The van der Waals surface area contributed by atoms with Crippen LogP contribution >= 0.6 is 0 Å². The quantitative estimate of drug-likeness (QED) is 0.900. The van der Waals surface area contributed by atoms with E-state index in [1.54, 1.807) is 21.0 Å². The number of halogens is 1. The van der Waals surface area contributed by atoms with Crippen LogP contribution in [0.3, 0.4) is 0 Å². The summed E-state index contributed by atoms with van der Waals surface area (Å²) >= 11 is 0. The number of alkyl halides is 1. The molecule has 0 bridgehead atoms. The standard InChI is InChI=1S/C16H24FNO/c1-16(2,17)14-6-7-15(19-3)13(10-14)9-12-5-4-8-18-11-12/h6-7,10,12,18H,4-5,8-9,11H2,1-3H3. The minimum absolute atomic E-state index is 0.626. The highest BCUT2D eigenvalue weighted by Gasteiger charge is 2.22. The lowest BCUT2D eigenvalue weighted by Crippen LogP contribution is -2.31. The lowest BCUT2D eigenvalue weighted by Gasteiger charge is -2.24. The fourth-order valence-electron chi connectivity index (χ4n) is 2.72. The van der Waals surface area contributed by atoms with Gasteiger partial charge in [0.15, 0.2) is 0 Å². The molecule has 0 spiro atoms. The molecular formula is C16H24FNO. The van der Waals surface area contributed by atoms with E-state index in [0.717, 1.165) is 36.4 Å². The van der Waals surface area contributed by atoms with E-state index in [0.29, 0.717) is 5.92 Å². The first kappa shape index (κ1) is 14.3. The molecule has 1 aliphatic heterocycles. The molecule has 1 aliphatic rings. The molecule has 2 rings (SSSR count). The fourth-order valence-corrected chi connectivity index (χ4v) is 2.72. The van der Waals surface area contributed by atoms with Crippen LogP contribution in [0.4, 0.5) is 4.39 Å². The maximum atomic E-state index is 14.1. The van der Waals surface area contributed by atoms with E-state index in [4.69, 9.17) is 4.74 Å². The zero-order chi connectivity index (χ0) is 13.9. The molecule has 1 heterocycles. The Morgan fingerprint density at radius 1 is 1.42 bits per heavy atom. The largest absolute Gasteiger partial charge is 0.496 e. The Morgan fingerprint density at radius 2 is 2.21 bits per heavy atom. The Balaban J connectivity index is 2.20. The summed E-state index contributed by atoms with van der Waals surface area (Å²) in [6.07, 6.45) is 3.42. The molecular weight excluding hydrogens is 241 g/mol. The Hall–Kier alpha value is -1.09. The van der Waals surface area contributed by atoms with E-state index in [1.807, 2.05) is 18.2 Å². The molecule has 0 aromatic heterocycles. The van der Waals surface area contributed by atoms with Gasteiger partial charge in [-0.25, -0.2) is 4.39 Å². The van der Waals surface area contributed by atoms with Gasteiger partial charge in [0.05, 0.1) is 7.11 Å². The Labute approximate surface area is 115 Å². The zero-order valence-electron chi connectivity index (χ0n) is 12.1. The molecule has 19 heavy (non-hydrogen) atoms. The number of ether oxygens (including phenoxy) is 1. The van der Waals surface area contributed by atoms with E-state index in [9.17, 15) is 4.39 Å². The van der Waals surface area contributed by atoms with Crippen LogP contribution in [-0.4, -0.2) is 20.2 Å². The molecule has 0 saturated carbocycles. The molecule has 0 radical (unpaired) electrons. The maximum absolute atomic E-state index is 14.1. The highest BCUT2D eigenvalue weighted by Crippen LogP contribution is 2.31. The van der Waals surface area contributed by atoms with Crippen molar-refractivity contribution in [1.29, 1.82) is 0 Å². The van der Waals surface area contributed by atoms with Crippen molar-refractivity contribution >= 4 is 0 Å². The van der Waals surface area contributed by atoms with Gasteiger partial charge in [0, 0.05) is 0 Å². The van der Waals surface area contributed by atoms with Gasteiger partial charge in [-0.2, -0.15) is 0 Å². The summed E-state index contributed by atoms with van der Waals surface area (Å²) in [7, 11) is 1.68. The number of benzene rings is 1. The van der Waals surface area contributed by atoms with Gasteiger partial charge in [0.2, 0.25) is 0 Å². The number of rotatable bonds is 4. The van der Waals surface area contributed by atoms with Crippen LogP contribution in [0.15, 0.2) is 18.2 Å². The zero-order valence-corrected chi connectivity index (χ0v) is 12.1. The second kappa shape index (κ2) is 5.91. The number of methoxy groups -OCH3 is 1. The monoisotopic (exact) mass is 265 g/mol. The summed E-state index contributed by atoms with van der Waals surface area (Å²) in [5.41, 5.74) is 0.553. The average molecular weight is 265 g/mol. The van der Waals surface area contributed by atoms with E-state index >= 15 is 0 Å². The number of hydrogen-bond donors (Lipinski definition) is 1.